The van der Waals surface area contributed by atoms with Gasteiger partial charge in [-0.1, -0.05) is 26.2 Å². The number of carbonyl (C=O) groups is 1. The molecule has 0 saturated heterocycles. The summed E-state index contributed by atoms with van der Waals surface area (Å²) < 4.78 is 4.76. The van der Waals surface area contributed by atoms with Crippen LogP contribution < -0.4 is 0 Å². The van der Waals surface area contributed by atoms with Crippen LogP contribution in [-0.2, 0) is 9.53 Å². The molecule has 3 nitrogen and oxygen atoms in total. The fraction of sp³-hybridized carbons (Fsp3) is 0.889. The number of esters is 1. The first-order chi connectivity index (χ1) is 5.68. The number of aliphatic hydroxyl groups excluding tert-OH is 1. The molecule has 0 aliphatic carbocycles. The molecule has 3 heteroatoms. The van der Waals surface area contributed by atoms with Crippen molar-refractivity contribution in [2.75, 3.05) is 6.61 Å². The van der Waals surface area contributed by atoms with Gasteiger partial charge in [-0.15, -0.1) is 0 Å². The van der Waals surface area contributed by atoms with Gasteiger partial charge in [0.25, 0.3) is 0 Å². The van der Waals surface area contributed by atoms with E-state index in [9.17, 15) is 4.79 Å². The van der Waals surface area contributed by atoms with E-state index < -0.39 is 12.1 Å². The lowest BCUT2D eigenvalue weighted by Gasteiger charge is -2.05. The summed E-state index contributed by atoms with van der Waals surface area (Å²) in [4.78, 5) is 10.7. The smallest absolute Gasteiger partial charge is 0.334 e. The molecule has 0 rings (SSSR count). The Labute approximate surface area is 73.7 Å². The minimum absolute atomic E-state index is 0.434. The van der Waals surface area contributed by atoms with Crippen LogP contribution in [0.15, 0.2) is 0 Å². The number of unbranched alkanes of at least 4 members (excludes halogenated alkanes) is 3. The van der Waals surface area contributed by atoms with Gasteiger partial charge in [-0.2, -0.15) is 0 Å². The summed E-state index contributed by atoms with van der Waals surface area (Å²) in [6, 6.07) is 0. The van der Waals surface area contributed by atoms with Crippen LogP contribution in [0, 0.1) is 0 Å². The molecule has 0 unspecified atom stereocenters. The third kappa shape index (κ3) is 6.16. The van der Waals surface area contributed by atoms with E-state index in [1.54, 1.807) is 0 Å². The van der Waals surface area contributed by atoms with Crippen LogP contribution in [-0.4, -0.2) is 23.8 Å². The van der Waals surface area contributed by atoms with E-state index in [0.29, 0.717) is 6.61 Å². The van der Waals surface area contributed by atoms with E-state index in [0.717, 1.165) is 12.8 Å². The van der Waals surface area contributed by atoms with Crippen LogP contribution in [0.4, 0.5) is 0 Å². The predicted octanol–water partition coefficient (Wildman–Crippen LogP) is 1.49. The van der Waals surface area contributed by atoms with Gasteiger partial charge in [-0.25, -0.2) is 4.79 Å². The average Bonchev–Trinajstić information content (AvgIpc) is 2.03. The summed E-state index contributed by atoms with van der Waals surface area (Å²) in [5, 5.41) is 8.75. The van der Waals surface area contributed by atoms with Crippen molar-refractivity contribution in [3.63, 3.8) is 0 Å². The number of ether oxygens (including phenoxy) is 1. The van der Waals surface area contributed by atoms with Gasteiger partial charge in [0.05, 0.1) is 6.61 Å². The molecule has 0 bridgehead atoms. The fourth-order valence-corrected chi connectivity index (χ4v) is 0.822. The summed E-state index contributed by atoms with van der Waals surface area (Å²) >= 11 is 0. The number of carbonyl (C=O) groups excluding carboxylic acids is 1. The molecular formula is C9H18O3. The first-order valence-electron chi connectivity index (χ1n) is 4.53. The Morgan fingerprint density at radius 1 is 1.42 bits per heavy atom. The zero-order valence-electron chi connectivity index (χ0n) is 7.88. The molecule has 1 atom stereocenters. The third-order valence-corrected chi connectivity index (χ3v) is 1.58. The Hall–Kier alpha value is -0.570. The second kappa shape index (κ2) is 7.10. The molecule has 0 aromatic rings. The van der Waals surface area contributed by atoms with Gasteiger partial charge < -0.3 is 9.84 Å². The van der Waals surface area contributed by atoms with Gasteiger partial charge in [0.15, 0.2) is 0 Å². The SMILES string of the molecule is CCCCCCOC(=O)[C@@H](C)O. The molecule has 1 N–H and O–H groups in total. The van der Waals surface area contributed by atoms with Gasteiger partial charge in [-0.05, 0) is 13.3 Å². The normalized spacial score (nSPS) is 12.6. The van der Waals surface area contributed by atoms with E-state index in [1.165, 1.54) is 19.8 Å². The molecule has 0 aromatic carbocycles. The zero-order chi connectivity index (χ0) is 9.40. The van der Waals surface area contributed by atoms with E-state index in [2.05, 4.69) is 6.92 Å². The molecule has 72 valence electrons. The van der Waals surface area contributed by atoms with Crippen molar-refractivity contribution >= 4 is 5.97 Å². The van der Waals surface area contributed by atoms with Crippen molar-refractivity contribution in [2.45, 2.75) is 45.6 Å². The van der Waals surface area contributed by atoms with E-state index in [4.69, 9.17) is 9.84 Å². The maximum absolute atomic E-state index is 10.7. The van der Waals surface area contributed by atoms with Crippen LogP contribution in [0.25, 0.3) is 0 Å². The monoisotopic (exact) mass is 174 g/mol. The summed E-state index contributed by atoms with van der Waals surface area (Å²) in [6.45, 7) is 3.97. The van der Waals surface area contributed by atoms with Crippen molar-refractivity contribution < 1.29 is 14.6 Å². The highest BCUT2D eigenvalue weighted by atomic mass is 16.5. The van der Waals surface area contributed by atoms with E-state index >= 15 is 0 Å². The van der Waals surface area contributed by atoms with Gasteiger partial charge in [0.2, 0.25) is 0 Å². The van der Waals surface area contributed by atoms with Crippen molar-refractivity contribution in [3.8, 4) is 0 Å². The number of hydrogen-bond acceptors (Lipinski definition) is 3. The van der Waals surface area contributed by atoms with Crippen LogP contribution >= 0.6 is 0 Å². The molecule has 0 heterocycles. The lowest BCUT2D eigenvalue weighted by atomic mass is 10.2. The van der Waals surface area contributed by atoms with Gasteiger partial charge in [-0.3, -0.25) is 0 Å². The lowest BCUT2D eigenvalue weighted by Crippen LogP contribution is -2.19. The highest BCUT2D eigenvalue weighted by molar-refractivity contribution is 5.73. The van der Waals surface area contributed by atoms with Crippen molar-refractivity contribution in [1.29, 1.82) is 0 Å². The largest absolute Gasteiger partial charge is 0.464 e. The van der Waals surface area contributed by atoms with Crippen molar-refractivity contribution in [1.82, 2.24) is 0 Å². The molecule has 12 heavy (non-hydrogen) atoms. The van der Waals surface area contributed by atoms with Crippen LogP contribution in [0.3, 0.4) is 0 Å². The summed E-state index contributed by atoms with van der Waals surface area (Å²) in [6.07, 6.45) is 3.34. The van der Waals surface area contributed by atoms with Crippen LogP contribution in [0.2, 0.25) is 0 Å². The van der Waals surface area contributed by atoms with E-state index in [-0.39, 0.29) is 0 Å². The molecule has 0 aromatic heterocycles. The molecule has 0 saturated carbocycles. The highest BCUT2D eigenvalue weighted by Crippen LogP contribution is 1.99. The molecular weight excluding hydrogens is 156 g/mol. The Morgan fingerprint density at radius 3 is 2.58 bits per heavy atom. The Kier molecular flexibility index (Phi) is 6.76. The molecule has 0 amide bonds. The first kappa shape index (κ1) is 11.4. The van der Waals surface area contributed by atoms with Crippen molar-refractivity contribution in [3.05, 3.63) is 0 Å². The average molecular weight is 174 g/mol. The van der Waals surface area contributed by atoms with E-state index in [1.807, 2.05) is 0 Å². The lowest BCUT2D eigenvalue weighted by molar-refractivity contribution is -0.152. The summed E-state index contributed by atoms with van der Waals surface area (Å²) in [7, 11) is 0. The Bertz CT molecular complexity index is 121. The minimum atomic E-state index is -0.990. The standard InChI is InChI=1S/C9H18O3/c1-3-4-5-6-7-12-9(11)8(2)10/h8,10H,3-7H2,1-2H3/t8-/m1/s1. The molecule has 0 aliphatic heterocycles. The molecule has 0 fully saturated rings. The summed E-state index contributed by atoms with van der Waals surface area (Å²) in [5.41, 5.74) is 0. The minimum Gasteiger partial charge on any atom is -0.464 e. The third-order valence-electron chi connectivity index (χ3n) is 1.58. The first-order valence-corrected chi connectivity index (χ1v) is 4.53. The van der Waals surface area contributed by atoms with Gasteiger partial charge in [0, 0.05) is 0 Å². The maximum Gasteiger partial charge on any atom is 0.334 e. The number of aliphatic hydroxyl groups is 1. The van der Waals surface area contributed by atoms with Gasteiger partial charge >= 0.3 is 5.97 Å². The van der Waals surface area contributed by atoms with Crippen LogP contribution in [0.5, 0.6) is 0 Å². The molecule has 0 spiro atoms. The second-order valence-electron chi connectivity index (χ2n) is 2.90. The topological polar surface area (TPSA) is 46.5 Å². The Morgan fingerprint density at radius 2 is 2.08 bits per heavy atom. The predicted molar refractivity (Wildman–Crippen MR) is 46.8 cm³/mol. The second-order valence-corrected chi connectivity index (χ2v) is 2.90. The highest BCUT2D eigenvalue weighted by Gasteiger charge is 2.08. The fourth-order valence-electron chi connectivity index (χ4n) is 0.822. The number of hydrogen-bond donors (Lipinski definition) is 1. The molecule has 0 aliphatic rings. The van der Waals surface area contributed by atoms with Crippen molar-refractivity contribution in [2.24, 2.45) is 0 Å². The summed E-state index contributed by atoms with van der Waals surface area (Å²) in [5.74, 6) is -0.522. The number of rotatable bonds is 6. The molecule has 0 radical (unpaired) electrons. The van der Waals surface area contributed by atoms with Crippen LogP contribution in [0.1, 0.15) is 39.5 Å². The Balaban J connectivity index is 3.14. The maximum atomic E-state index is 10.7. The van der Waals surface area contributed by atoms with Gasteiger partial charge in [0.1, 0.15) is 6.10 Å². The quantitative estimate of drug-likeness (QED) is 0.490. The zero-order valence-corrected chi connectivity index (χ0v) is 7.88.